The van der Waals surface area contributed by atoms with E-state index in [1.165, 1.54) is 5.57 Å². The molecule has 7 heteroatoms. The number of phenols is 1. The number of hydrogen-bond acceptors (Lipinski definition) is 7. The zero-order valence-corrected chi connectivity index (χ0v) is 19.3. The summed E-state index contributed by atoms with van der Waals surface area (Å²) < 4.78 is 12.3. The van der Waals surface area contributed by atoms with Crippen molar-refractivity contribution in [1.29, 1.82) is 0 Å². The molecule has 7 nitrogen and oxygen atoms in total. The third-order valence-corrected chi connectivity index (χ3v) is 7.51. The van der Waals surface area contributed by atoms with Crippen LogP contribution < -0.4 is 4.74 Å². The van der Waals surface area contributed by atoms with E-state index in [2.05, 4.69) is 26.8 Å². The van der Waals surface area contributed by atoms with Crippen molar-refractivity contribution < 1.29 is 35.0 Å². The smallest absolute Gasteiger partial charge is 0.128 e. The van der Waals surface area contributed by atoms with Crippen LogP contribution in [-0.2, 0) is 11.2 Å². The molecule has 0 amide bonds. The summed E-state index contributed by atoms with van der Waals surface area (Å²) in [6.07, 6.45) is -1.21. The van der Waals surface area contributed by atoms with Crippen LogP contribution in [0.5, 0.6) is 11.5 Å². The lowest BCUT2D eigenvalue weighted by atomic mass is 9.66. The number of ether oxygens (including phenoxy) is 2. The van der Waals surface area contributed by atoms with Crippen molar-refractivity contribution in [3.8, 4) is 11.5 Å². The number of rotatable bonds is 4. The third kappa shape index (κ3) is 3.74. The van der Waals surface area contributed by atoms with Gasteiger partial charge in [0, 0.05) is 23.0 Å². The molecule has 1 saturated heterocycles. The summed E-state index contributed by atoms with van der Waals surface area (Å²) >= 11 is 0. The number of hydrogen-bond donors (Lipinski definition) is 5. The van der Waals surface area contributed by atoms with E-state index in [0.717, 1.165) is 24.8 Å². The van der Waals surface area contributed by atoms with Gasteiger partial charge in [0.2, 0.25) is 0 Å². The molecule has 7 atom stereocenters. The van der Waals surface area contributed by atoms with Crippen molar-refractivity contribution >= 4 is 0 Å². The molecule has 5 N–H and O–H groups in total. The quantitative estimate of drug-likeness (QED) is 0.449. The van der Waals surface area contributed by atoms with Crippen molar-refractivity contribution in [2.45, 2.75) is 95.4 Å². The SMILES string of the molecule is CCCc1cc2c(c(O)c1[C@@H]1OC(CO)[C@@H](O)C(O)C1O)[C@@H]1CC(C)=CC[C@H]1C(C)(C)O2. The minimum absolute atomic E-state index is 0.0236. The number of aliphatic hydroxyl groups excluding tert-OH is 4. The van der Waals surface area contributed by atoms with Crippen LogP contribution in [0.2, 0.25) is 0 Å². The van der Waals surface area contributed by atoms with E-state index in [1.54, 1.807) is 0 Å². The molecule has 1 aliphatic carbocycles. The van der Waals surface area contributed by atoms with Crippen LogP contribution in [0, 0.1) is 5.92 Å². The molecular formula is C25H36O7. The van der Waals surface area contributed by atoms with Gasteiger partial charge < -0.3 is 35.0 Å². The largest absolute Gasteiger partial charge is 0.507 e. The predicted octanol–water partition coefficient (Wildman–Crippen LogP) is 2.47. The van der Waals surface area contributed by atoms with Gasteiger partial charge in [0.15, 0.2) is 0 Å². The molecule has 1 aromatic carbocycles. The van der Waals surface area contributed by atoms with Gasteiger partial charge in [0.25, 0.3) is 0 Å². The molecule has 3 unspecified atom stereocenters. The fraction of sp³-hybridized carbons (Fsp3) is 0.680. The number of phenolic OH excluding ortho intramolecular Hbond substituents is 1. The molecule has 178 valence electrons. The summed E-state index contributed by atoms with van der Waals surface area (Å²) in [6.45, 7) is 7.78. The van der Waals surface area contributed by atoms with Crippen LogP contribution in [0.3, 0.4) is 0 Å². The highest BCUT2D eigenvalue weighted by molar-refractivity contribution is 5.58. The normalized spacial score (nSPS) is 36.0. The van der Waals surface area contributed by atoms with Gasteiger partial charge in [0.1, 0.15) is 47.6 Å². The van der Waals surface area contributed by atoms with Gasteiger partial charge in [-0.1, -0.05) is 25.0 Å². The predicted molar refractivity (Wildman–Crippen MR) is 119 cm³/mol. The van der Waals surface area contributed by atoms with Crippen LogP contribution in [-0.4, -0.2) is 62.2 Å². The molecule has 2 aliphatic heterocycles. The van der Waals surface area contributed by atoms with Gasteiger partial charge in [0.05, 0.1) is 6.61 Å². The van der Waals surface area contributed by atoms with Crippen LogP contribution in [0.4, 0.5) is 0 Å². The highest BCUT2D eigenvalue weighted by Crippen LogP contribution is 2.56. The molecule has 32 heavy (non-hydrogen) atoms. The molecule has 0 bridgehead atoms. The van der Waals surface area contributed by atoms with Gasteiger partial charge in [-0.05, 0) is 51.7 Å². The molecule has 1 fully saturated rings. The summed E-state index contributed by atoms with van der Waals surface area (Å²) in [5.74, 6) is 0.915. The van der Waals surface area contributed by atoms with Crippen molar-refractivity contribution in [1.82, 2.24) is 0 Å². The maximum Gasteiger partial charge on any atom is 0.128 e. The fourth-order valence-corrected chi connectivity index (χ4v) is 5.80. The average Bonchev–Trinajstić information content (AvgIpc) is 2.72. The maximum absolute atomic E-state index is 11.6. The lowest BCUT2D eigenvalue weighted by Crippen LogP contribution is -2.55. The van der Waals surface area contributed by atoms with Gasteiger partial charge in [-0.25, -0.2) is 0 Å². The van der Waals surface area contributed by atoms with E-state index in [1.807, 2.05) is 13.0 Å². The zero-order chi connectivity index (χ0) is 23.4. The summed E-state index contributed by atoms with van der Waals surface area (Å²) in [5.41, 5.74) is 2.77. The summed E-state index contributed by atoms with van der Waals surface area (Å²) in [5, 5.41) is 52.6. The van der Waals surface area contributed by atoms with E-state index in [-0.39, 0.29) is 17.6 Å². The Hall–Kier alpha value is -1.64. The van der Waals surface area contributed by atoms with Crippen LogP contribution in [0.1, 0.15) is 75.7 Å². The topological polar surface area (TPSA) is 120 Å². The Labute approximate surface area is 189 Å². The Kier molecular flexibility index (Phi) is 6.33. The number of allylic oxidation sites excluding steroid dienone is 2. The van der Waals surface area contributed by atoms with E-state index >= 15 is 0 Å². The van der Waals surface area contributed by atoms with Crippen LogP contribution in [0.15, 0.2) is 17.7 Å². The monoisotopic (exact) mass is 448 g/mol. The summed E-state index contributed by atoms with van der Waals surface area (Å²) in [7, 11) is 0. The second-order valence-electron chi connectivity index (χ2n) is 10.1. The Balaban J connectivity index is 1.88. The second-order valence-corrected chi connectivity index (χ2v) is 10.1. The summed E-state index contributed by atoms with van der Waals surface area (Å²) in [6, 6.07) is 1.93. The molecular weight excluding hydrogens is 412 g/mol. The van der Waals surface area contributed by atoms with E-state index in [9.17, 15) is 25.5 Å². The Morgan fingerprint density at radius 3 is 2.47 bits per heavy atom. The summed E-state index contributed by atoms with van der Waals surface area (Å²) in [4.78, 5) is 0. The minimum atomic E-state index is -1.50. The van der Waals surface area contributed by atoms with Gasteiger partial charge in [-0.15, -0.1) is 0 Å². The number of aryl methyl sites for hydroxylation is 1. The van der Waals surface area contributed by atoms with Gasteiger partial charge in [-0.3, -0.25) is 0 Å². The lowest BCUT2D eigenvalue weighted by molar-refractivity contribution is -0.232. The lowest BCUT2D eigenvalue weighted by Gasteiger charge is -2.48. The average molecular weight is 449 g/mol. The van der Waals surface area contributed by atoms with Crippen molar-refractivity contribution in [3.05, 3.63) is 34.4 Å². The highest BCUT2D eigenvalue weighted by atomic mass is 16.5. The molecule has 0 radical (unpaired) electrons. The molecule has 2 heterocycles. The van der Waals surface area contributed by atoms with Crippen molar-refractivity contribution in [2.24, 2.45) is 5.92 Å². The first-order chi connectivity index (χ1) is 15.1. The van der Waals surface area contributed by atoms with E-state index in [4.69, 9.17) is 9.47 Å². The Morgan fingerprint density at radius 1 is 1.09 bits per heavy atom. The number of aliphatic hydroxyl groups is 4. The molecule has 3 aliphatic rings. The molecule has 0 spiro atoms. The number of benzene rings is 1. The minimum Gasteiger partial charge on any atom is -0.507 e. The molecule has 0 saturated carbocycles. The number of fused-ring (bicyclic) bond motifs is 3. The van der Waals surface area contributed by atoms with Crippen LogP contribution >= 0.6 is 0 Å². The molecule has 0 aromatic heterocycles. The Morgan fingerprint density at radius 2 is 1.81 bits per heavy atom. The standard InChI is InChI=1S/C25H36O7/c1-5-6-13-10-16-19(14-9-12(2)7-8-15(14)25(3,4)32-16)21(28)18(13)24-23(30)22(29)20(27)17(11-26)31-24/h7,10,14-15,17,20,22-24,26-30H,5-6,8-9,11H2,1-4H3/t14-,15-,17?,20-,22?,23?,24+/m1/s1. The molecule has 1 aromatic rings. The maximum atomic E-state index is 11.6. The third-order valence-electron chi connectivity index (χ3n) is 7.51. The van der Waals surface area contributed by atoms with E-state index < -0.39 is 42.7 Å². The first kappa shape index (κ1) is 23.5. The second kappa shape index (κ2) is 8.61. The van der Waals surface area contributed by atoms with Crippen molar-refractivity contribution in [3.63, 3.8) is 0 Å². The first-order valence-corrected chi connectivity index (χ1v) is 11.6. The van der Waals surface area contributed by atoms with Gasteiger partial charge >= 0.3 is 0 Å². The van der Waals surface area contributed by atoms with Gasteiger partial charge in [-0.2, -0.15) is 0 Å². The molecule has 4 rings (SSSR count). The zero-order valence-electron chi connectivity index (χ0n) is 19.3. The first-order valence-electron chi connectivity index (χ1n) is 11.6. The van der Waals surface area contributed by atoms with Crippen LogP contribution in [0.25, 0.3) is 0 Å². The fourth-order valence-electron chi connectivity index (χ4n) is 5.80. The highest BCUT2D eigenvalue weighted by Gasteiger charge is 2.49. The van der Waals surface area contributed by atoms with Crippen molar-refractivity contribution in [2.75, 3.05) is 6.61 Å². The van der Waals surface area contributed by atoms with E-state index in [0.29, 0.717) is 23.3 Å². The number of aromatic hydroxyl groups is 1. The Bertz CT molecular complexity index is 891.